The molecule has 0 spiro atoms. The van der Waals surface area contributed by atoms with Crippen molar-refractivity contribution in [2.75, 3.05) is 0 Å². The van der Waals surface area contributed by atoms with Gasteiger partial charge in [-0.3, -0.25) is 9.20 Å². The van der Waals surface area contributed by atoms with Crippen molar-refractivity contribution in [2.24, 2.45) is 0 Å². The van der Waals surface area contributed by atoms with Gasteiger partial charge >= 0.3 is 11.6 Å². The molecule has 0 unspecified atom stereocenters. The van der Waals surface area contributed by atoms with Gasteiger partial charge in [-0.15, -0.1) is 11.3 Å². The Kier molecular flexibility index (Phi) is 3.66. The first-order valence-corrected chi connectivity index (χ1v) is 8.15. The first kappa shape index (κ1) is 15.3. The maximum absolute atomic E-state index is 12.2. The zero-order valence-corrected chi connectivity index (χ0v) is 13.5. The molecule has 0 aliphatic rings. The third kappa shape index (κ3) is 2.83. The quantitative estimate of drug-likeness (QED) is 0.414. The smallest absolute Gasteiger partial charge is 0.351 e. The topological polar surface area (TPSA) is 90.9 Å². The molecule has 0 N–H and O–H groups in total. The van der Waals surface area contributed by atoms with Crippen LogP contribution in [0.3, 0.4) is 0 Å². The molecule has 7 nitrogen and oxygen atoms in total. The van der Waals surface area contributed by atoms with Crippen molar-refractivity contribution < 1.29 is 13.9 Å². The number of carbonyl (C=O) groups excluding carboxylic acids is 1. The van der Waals surface area contributed by atoms with Gasteiger partial charge in [0, 0.05) is 23.0 Å². The largest absolute Gasteiger partial charge is 0.455 e. The molecule has 4 aromatic rings. The molecule has 0 aliphatic carbocycles. The van der Waals surface area contributed by atoms with Gasteiger partial charge in [0.05, 0.1) is 5.69 Å². The van der Waals surface area contributed by atoms with E-state index in [1.54, 1.807) is 35.8 Å². The molecule has 0 bridgehead atoms. The Labute approximate surface area is 143 Å². The number of thiazole rings is 1. The first-order chi connectivity index (χ1) is 12.1. The molecule has 0 saturated heterocycles. The zero-order valence-electron chi connectivity index (χ0n) is 12.7. The SMILES string of the molecule is O=C(OCc1cc(=O)n2ccsc2n1)c1cc2ccccc2oc1=O. The van der Waals surface area contributed by atoms with E-state index in [1.165, 1.54) is 27.9 Å². The summed E-state index contributed by atoms with van der Waals surface area (Å²) in [5.41, 5.74) is -0.534. The van der Waals surface area contributed by atoms with Crippen LogP contribution >= 0.6 is 11.3 Å². The fraction of sp³-hybridized carbons (Fsp3) is 0.0588. The number of ether oxygens (including phenoxy) is 1. The molecular formula is C17H10N2O5S. The van der Waals surface area contributed by atoms with Crippen molar-refractivity contribution in [1.82, 2.24) is 9.38 Å². The summed E-state index contributed by atoms with van der Waals surface area (Å²) < 4.78 is 11.6. The number of rotatable bonds is 3. The van der Waals surface area contributed by atoms with Gasteiger partial charge < -0.3 is 9.15 Å². The van der Waals surface area contributed by atoms with Gasteiger partial charge in [-0.2, -0.15) is 0 Å². The van der Waals surface area contributed by atoms with E-state index >= 15 is 0 Å². The van der Waals surface area contributed by atoms with Crippen molar-refractivity contribution in [3.8, 4) is 0 Å². The monoisotopic (exact) mass is 354 g/mol. The summed E-state index contributed by atoms with van der Waals surface area (Å²) in [5, 5.41) is 2.35. The highest BCUT2D eigenvalue weighted by Gasteiger charge is 2.16. The van der Waals surface area contributed by atoms with Crippen molar-refractivity contribution in [3.63, 3.8) is 0 Å². The summed E-state index contributed by atoms with van der Waals surface area (Å²) in [6, 6.07) is 9.57. The lowest BCUT2D eigenvalue weighted by Crippen LogP contribution is -2.18. The van der Waals surface area contributed by atoms with Crippen LogP contribution < -0.4 is 11.2 Å². The second-order valence-corrected chi connectivity index (χ2v) is 6.08. The van der Waals surface area contributed by atoms with Crippen LogP contribution in [0.2, 0.25) is 0 Å². The summed E-state index contributed by atoms with van der Waals surface area (Å²) >= 11 is 1.30. The maximum atomic E-state index is 12.2. The van der Waals surface area contributed by atoms with Crippen LogP contribution in [0.5, 0.6) is 0 Å². The van der Waals surface area contributed by atoms with E-state index in [-0.39, 0.29) is 17.7 Å². The van der Waals surface area contributed by atoms with Crippen molar-refractivity contribution in [1.29, 1.82) is 0 Å². The average Bonchev–Trinajstić information content (AvgIpc) is 3.08. The van der Waals surface area contributed by atoms with E-state index in [9.17, 15) is 14.4 Å². The third-order valence-corrected chi connectivity index (χ3v) is 4.33. The second kappa shape index (κ2) is 5.99. The van der Waals surface area contributed by atoms with Gasteiger partial charge in [0.15, 0.2) is 4.96 Å². The summed E-state index contributed by atoms with van der Waals surface area (Å²) in [7, 11) is 0. The molecule has 0 aliphatic heterocycles. The molecular weight excluding hydrogens is 344 g/mol. The number of aromatic nitrogens is 2. The third-order valence-electron chi connectivity index (χ3n) is 3.57. The Morgan fingerprint density at radius 3 is 2.96 bits per heavy atom. The van der Waals surface area contributed by atoms with Gasteiger partial charge in [0.1, 0.15) is 17.8 Å². The van der Waals surface area contributed by atoms with Crippen LogP contribution in [0.25, 0.3) is 15.9 Å². The van der Waals surface area contributed by atoms with Gasteiger partial charge in [0.2, 0.25) is 0 Å². The van der Waals surface area contributed by atoms with Crippen LogP contribution in [-0.4, -0.2) is 15.4 Å². The van der Waals surface area contributed by atoms with Crippen molar-refractivity contribution in [2.45, 2.75) is 6.61 Å². The van der Waals surface area contributed by atoms with Gasteiger partial charge in [0.25, 0.3) is 5.56 Å². The maximum Gasteiger partial charge on any atom is 0.351 e. The van der Waals surface area contributed by atoms with E-state index < -0.39 is 11.6 Å². The van der Waals surface area contributed by atoms with E-state index in [2.05, 4.69) is 4.98 Å². The van der Waals surface area contributed by atoms with Crippen LogP contribution in [0.4, 0.5) is 0 Å². The van der Waals surface area contributed by atoms with Gasteiger partial charge in [-0.1, -0.05) is 18.2 Å². The summed E-state index contributed by atoms with van der Waals surface area (Å²) in [6.07, 6.45) is 1.62. The summed E-state index contributed by atoms with van der Waals surface area (Å²) in [6.45, 7) is -0.214. The van der Waals surface area contributed by atoms with E-state index in [0.29, 0.717) is 21.6 Å². The lowest BCUT2D eigenvalue weighted by molar-refractivity contribution is 0.0463. The van der Waals surface area contributed by atoms with Crippen LogP contribution in [0.15, 0.2) is 62.0 Å². The number of nitrogens with zero attached hydrogens (tertiary/aromatic N) is 2. The number of carbonyl (C=O) groups is 1. The lowest BCUT2D eigenvalue weighted by Gasteiger charge is -2.04. The summed E-state index contributed by atoms with van der Waals surface area (Å²) in [5.74, 6) is -0.826. The molecule has 0 radical (unpaired) electrons. The highest BCUT2D eigenvalue weighted by molar-refractivity contribution is 7.15. The van der Waals surface area contributed by atoms with E-state index in [0.717, 1.165) is 0 Å². The Balaban J connectivity index is 1.60. The molecule has 1 aromatic carbocycles. The minimum Gasteiger partial charge on any atom is -0.455 e. The fourth-order valence-electron chi connectivity index (χ4n) is 2.38. The van der Waals surface area contributed by atoms with Crippen LogP contribution in [0.1, 0.15) is 16.1 Å². The van der Waals surface area contributed by atoms with Gasteiger partial charge in [-0.05, 0) is 12.1 Å². The Morgan fingerprint density at radius 2 is 2.08 bits per heavy atom. The molecule has 3 aromatic heterocycles. The van der Waals surface area contributed by atoms with E-state index in [1.807, 2.05) is 0 Å². The highest BCUT2D eigenvalue weighted by Crippen LogP contribution is 2.13. The molecule has 3 heterocycles. The number of esters is 1. The minimum absolute atomic E-state index is 0.201. The Morgan fingerprint density at radius 1 is 1.24 bits per heavy atom. The Bertz CT molecular complexity index is 1220. The minimum atomic E-state index is -0.826. The lowest BCUT2D eigenvalue weighted by atomic mass is 10.2. The molecule has 124 valence electrons. The molecule has 8 heteroatoms. The molecule has 0 fully saturated rings. The number of fused-ring (bicyclic) bond motifs is 2. The standard InChI is InChI=1S/C17H10N2O5S/c20-14-8-11(18-17-19(14)5-6-25-17)9-23-15(21)12-7-10-3-1-2-4-13(10)24-16(12)22/h1-8H,9H2. The molecule has 25 heavy (non-hydrogen) atoms. The Hall–Kier alpha value is -3.26. The first-order valence-electron chi connectivity index (χ1n) is 7.27. The number of para-hydroxylation sites is 1. The molecule has 0 saturated carbocycles. The van der Waals surface area contributed by atoms with Crippen LogP contribution in [0, 0.1) is 0 Å². The zero-order chi connectivity index (χ0) is 17.4. The summed E-state index contributed by atoms with van der Waals surface area (Å²) in [4.78, 5) is 40.8. The normalized spacial score (nSPS) is 11.0. The number of hydrogen-bond donors (Lipinski definition) is 0. The molecule has 0 atom stereocenters. The van der Waals surface area contributed by atoms with Crippen molar-refractivity contribution >= 4 is 33.2 Å². The fourth-order valence-corrected chi connectivity index (χ4v) is 3.12. The van der Waals surface area contributed by atoms with Crippen molar-refractivity contribution in [3.05, 3.63) is 80.0 Å². The number of benzene rings is 1. The average molecular weight is 354 g/mol. The van der Waals surface area contributed by atoms with Gasteiger partial charge in [-0.25, -0.2) is 14.6 Å². The highest BCUT2D eigenvalue weighted by atomic mass is 32.1. The second-order valence-electron chi connectivity index (χ2n) is 5.20. The predicted molar refractivity (Wildman–Crippen MR) is 90.9 cm³/mol. The number of hydrogen-bond acceptors (Lipinski definition) is 7. The van der Waals surface area contributed by atoms with E-state index in [4.69, 9.17) is 9.15 Å². The molecule has 4 rings (SSSR count). The van der Waals surface area contributed by atoms with Crippen LogP contribution in [-0.2, 0) is 11.3 Å². The molecule has 0 amide bonds. The predicted octanol–water partition coefficient (Wildman–Crippen LogP) is 2.22.